The number of fused-ring (bicyclic) bond motifs is 1. The largest absolute Gasteiger partial charge is 0.573 e. The summed E-state index contributed by atoms with van der Waals surface area (Å²) >= 11 is 0. The second-order valence-electron chi connectivity index (χ2n) is 7.17. The second-order valence-corrected chi connectivity index (χ2v) is 7.17. The van der Waals surface area contributed by atoms with Gasteiger partial charge in [-0.15, -0.1) is 13.2 Å². The van der Waals surface area contributed by atoms with E-state index in [-0.39, 0.29) is 11.2 Å². The molecule has 1 aliphatic carbocycles. The van der Waals surface area contributed by atoms with Gasteiger partial charge >= 0.3 is 6.36 Å². The van der Waals surface area contributed by atoms with Gasteiger partial charge in [-0.2, -0.15) is 0 Å². The van der Waals surface area contributed by atoms with E-state index >= 15 is 0 Å². The van der Waals surface area contributed by atoms with Gasteiger partial charge < -0.3 is 19.2 Å². The van der Waals surface area contributed by atoms with E-state index in [0.717, 1.165) is 36.9 Å². The van der Waals surface area contributed by atoms with Crippen LogP contribution in [0.5, 0.6) is 23.1 Å². The van der Waals surface area contributed by atoms with Crippen LogP contribution in [0.1, 0.15) is 24.1 Å². The van der Waals surface area contributed by atoms with Crippen LogP contribution in [0.4, 0.5) is 13.2 Å². The Bertz CT molecular complexity index is 1120. The Labute approximate surface area is 176 Å². The summed E-state index contributed by atoms with van der Waals surface area (Å²) < 4.78 is 51.7. The molecule has 0 bridgehead atoms. The molecule has 162 valence electrons. The van der Waals surface area contributed by atoms with Gasteiger partial charge in [0.05, 0.1) is 12.7 Å². The molecule has 0 fully saturated rings. The minimum atomic E-state index is -4.74. The molecule has 3 aromatic rings. The fraction of sp³-hybridized carbons (Fsp3) is 0.261. The summed E-state index contributed by atoms with van der Waals surface area (Å²) in [5.74, 6) is 0.932. The van der Waals surface area contributed by atoms with Gasteiger partial charge in [0.2, 0.25) is 5.88 Å². The van der Waals surface area contributed by atoms with Crippen molar-refractivity contribution in [2.24, 2.45) is 0 Å². The van der Waals surface area contributed by atoms with Crippen molar-refractivity contribution in [1.82, 2.24) is 4.98 Å². The highest BCUT2D eigenvalue weighted by atomic mass is 19.4. The van der Waals surface area contributed by atoms with Gasteiger partial charge in [-0.3, -0.25) is 4.79 Å². The van der Waals surface area contributed by atoms with Crippen LogP contribution < -0.4 is 19.6 Å². The zero-order chi connectivity index (χ0) is 22.0. The fourth-order valence-electron chi connectivity index (χ4n) is 3.70. The first-order valence-corrected chi connectivity index (χ1v) is 9.80. The van der Waals surface area contributed by atoms with Crippen molar-refractivity contribution in [3.8, 4) is 34.3 Å². The van der Waals surface area contributed by atoms with Crippen molar-refractivity contribution in [2.75, 3.05) is 7.11 Å². The van der Waals surface area contributed by atoms with E-state index in [1.807, 2.05) is 0 Å². The molecule has 2 aromatic carbocycles. The monoisotopic (exact) mass is 431 g/mol. The standard InChI is InChI=1S/C23H20F3NO4/c1-29-22-20(21(28)18-4-2-3-5-19(18)27-22)14-6-8-15(9-7-14)30-16-10-12-17(13-11-16)31-23(24,25)26/h6-13H,2-5H2,1H3,(H,27,28). The number of H-pyrrole nitrogens is 1. The van der Waals surface area contributed by atoms with Gasteiger partial charge in [0, 0.05) is 11.3 Å². The number of rotatable bonds is 5. The Morgan fingerprint density at radius 1 is 0.871 bits per heavy atom. The first-order chi connectivity index (χ1) is 14.8. The van der Waals surface area contributed by atoms with Crippen molar-refractivity contribution in [1.29, 1.82) is 0 Å². The van der Waals surface area contributed by atoms with Crippen molar-refractivity contribution in [2.45, 2.75) is 32.0 Å². The lowest BCUT2D eigenvalue weighted by atomic mass is 9.93. The SMILES string of the molecule is COc1[nH]c2c(c(=O)c1-c1ccc(Oc3ccc(OC(F)(F)F)cc3)cc1)CCCC2. The Balaban J connectivity index is 1.56. The van der Waals surface area contributed by atoms with E-state index in [0.29, 0.717) is 28.5 Å². The average molecular weight is 431 g/mol. The number of hydrogen-bond acceptors (Lipinski definition) is 4. The van der Waals surface area contributed by atoms with E-state index < -0.39 is 6.36 Å². The van der Waals surface area contributed by atoms with Crippen molar-refractivity contribution in [3.05, 3.63) is 70.0 Å². The molecule has 8 heteroatoms. The number of aromatic amines is 1. The van der Waals surface area contributed by atoms with Gasteiger partial charge in [-0.1, -0.05) is 12.1 Å². The Kier molecular flexibility index (Phi) is 5.63. The summed E-state index contributed by atoms with van der Waals surface area (Å²) in [4.78, 5) is 16.3. The third-order valence-corrected chi connectivity index (χ3v) is 5.10. The highest BCUT2D eigenvalue weighted by Crippen LogP contribution is 2.32. The summed E-state index contributed by atoms with van der Waals surface area (Å²) in [5.41, 5.74) is 2.88. The molecule has 1 aliphatic rings. The molecular weight excluding hydrogens is 411 g/mol. The zero-order valence-electron chi connectivity index (χ0n) is 16.7. The smallest absolute Gasteiger partial charge is 0.482 e. The first-order valence-electron chi connectivity index (χ1n) is 9.80. The van der Waals surface area contributed by atoms with E-state index in [1.54, 1.807) is 24.3 Å². The number of hydrogen-bond donors (Lipinski definition) is 1. The van der Waals surface area contributed by atoms with Crippen molar-refractivity contribution >= 4 is 0 Å². The molecule has 1 N–H and O–H groups in total. The van der Waals surface area contributed by atoms with E-state index in [1.165, 1.54) is 31.4 Å². The molecule has 0 spiro atoms. The molecule has 0 aliphatic heterocycles. The maximum Gasteiger partial charge on any atom is 0.573 e. The quantitative estimate of drug-likeness (QED) is 0.570. The summed E-state index contributed by atoms with van der Waals surface area (Å²) in [6.07, 6.45) is -1.13. The topological polar surface area (TPSA) is 60.6 Å². The van der Waals surface area contributed by atoms with Gasteiger partial charge in [-0.25, -0.2) is 0 Å². The lowest BCUT2D eigenvalue weighted by Gasteiger charge is -2.18. The maximum absolute atomic E-state index is 13.1. The number of ether oxygens (including phenoxy) is 3. The van der Waals surface area contributed by atoms with Crippen molar-refractivity contribution < 1.29 is 27.4 Å². The number of halogens is 3. The highest BCUT2D eigenvalue weighted by molar-refractivity contribution is 5.70. The molecule has 4 rings (SSSR count). The van der Waals surface area contributed by atoms with Gasteiger partial charge in [0.15, 0.2) is 5.43 Å². The first kappa shape index (κ1) is 20.8. The Morgan fingerprint density at radius 2 is 1.45 bits per heavy atom. The summed E-state index contributed by atoms with van der Waals surface area (Å²) in [7, 11) is 1.52. The minimum absolute atomic E-state index is 0.0285. The van der Waals surface area contributed by atoms with Crippen LogP contribution in [0.25, 0.3) is 11.1 Å². The number of pyridine rings is 1. The second kappa shape index (κ2) is 8.37. The fourth-order valence-corrected chi connectivity index (χ4v) is 3.70. The average Bonchev–Trinajstić information content (AvgIpc) is 2.75. The molecule has 0 atom stereocenters. The third-order valence-electron chi connectivity index (χ3n) is 5.10. The molecule has 0 saturated carbocycles. The Hall–Kier alpha value is -3.42. The molecule has 1 aromatic heterocycles. The van der Waals surface area contributed by atoms with Crippen LogP contribution in [0.2, 0.25) is 0 Å². The molecule has 0 saturated heterocycles. The molecule has 0 radical (unpaired) electrons. The molecule has 5 nitrogen and oxygen atoms in total. The number of benzene rings is 2. The molecule has 1 heterocycles. The van der Waals surface area contributed by atoms with Crippen LogP contribution in [0, 0.1) is 0 Å². The summed E-state index contributed by atoms with van der Waals surface area (Å²) in [5, 5.41) is 0. The number of nitrogens with one attached hydrogen (secondary N) is 1. The molecule has 31 heavy (non-hydrogen) atoms. The summed E-state index contributed by atoms with van der Waals surface area (Å²) in [6, 6.07) is 12.0. The van der Waals surface area contributed by atoms with E-state index in [4.69, 9.17) is 9.47 Å². The molecule has 0 amide bonds. The van der Waals surface area contributed by atoms with Crippen LogP contribution >= 0.6 is 0 Å². The predicted molar refractivity (Wildman–Crippen MR) is 109 cm³/mol. The van der Waals surface area contributed by atoms with E-state index in [9.17, 15) is 18.0 Å². The lowest BCUT2D eigenvalue weighted by molar-refractivity contribution is -0.274. The Morgan fingerprint density at radius 3 is 2.06 bits per heavy atom. The summed E-state index contributed by atoms with van der Waals surface area (Å²) in [6.45, 7) is 0. The van der Waals surface area contributed by atoms with E-state index in [2.05, 4.69) is 9.72 Å². The van der Waals surface area contributed by atoms with Crippen LogP contribution in [-0.2, 0) is 12.8 Å². The van der Waals surface area contributed by atoms with Crippen LogP contribution in [0.3, 0.4) is 0 Å². The lowest BCUT2D eigenvalue weighted by Crippen LogP contribution is -2.20. The van der Waals surface area contributed by atoms with Gasteiger partial charge in [-0.05, 0) is 67.6 Å². The normalized spacial score (nSPS) is 13.4. The third kappa shape index (κ3) is 4.68. The minimum Gasteiger partial charge on any atom is -0.482 e. The highest BCUT2D eigenvalue weighted by Gasteiger charge is 2.31. The van der Waals surface area contributed by atoms with Crippen LogP contribution in [0.15, 0.2) is 53.3 Å². The van der Waals surface area contributed by atoms with Crippen LogP contribution in [-0.4, -0.2) is 18.5 Å². The van der Waals surface area contributed by atoms with Gasteiger partial charge in [0.25, 0.3) is 0 Å². The number of methoxy groups -OCH3 is 1. The predicted octanol–water partition coefficient (Wildman–Crippen LogP) is 5.62. The number of aryl methyl sites for hydroxylation is 1. The number of aromatic nitrogens is 1. The van der Waals surface area contributed by atoms with Crippen molar-refractivity contribution in [3.63, 3.8) is 0 Å². The van der Waals surface area contributed by atoms with Gasteiger partial charge in [0.1, 0.15) is 17.2 Å². The molecular formula is C23H20F3NO4. The molecule has 0 unspecified atom stereocenters. The number of alkyl halides is 3. The maximum atomic E-state index is 13.1. The zero-order valence-corrected chi connectivity index (χ0v) is 16.7.